The molecule has 2 aliphatic rings. The van der Waals surface area contributed by atoms with Crippen LogP contribution in [-0.2, 0) is 4.74 Å². The smallest absolute Gasteiger partial charge is 0.0599 e. The van der Waals surface area contributed by atoms with Crippen LogP contribution in [0.3, 0.4) is 0 Å². The first-order valence-corrected chi connectivity index (χ1v) is 7.90. The quantitative estimate of drug-likeness (QED) is 0.722. The zero-order valence-electron chi connectivity index (χ0n) is 10.2. The third kappa shape index (κ3) is 4.01. The van der Waals surface area contributed by atoms with Crippen molar-refractivity contribution in [3.63, 3.8) is 0 Å². The molecule has 2 fully saturated rings. The number of ether oxygens (including phenoxy) is 1. The van der Waals surface area contributed by atoms with Crippen LogP contribution in [-0.4, -0.2) is 42.6 Å². The number of likely N-dealkylation sites (tertiary alicyclic amines) is 1. The number of nitrogens with zero attached hydrogens (tertiary/aromatic N) is 1. The van der Waals surface area contributed by atoms with Gasteiger partial charge in [-0.1, -0.05) is 28.8 Å². The number of hydrogen-bond donors (Lipinski definition) is 0. The van der Waals surface area contributed by atoms with E-state index in [4.69, 9.17) is 4.74 Å². The van der Waals surface area contributed by atoms with Crippen LogP contribution < -0.4 is 0 Å². The molecule has 1 saturated carbocycles. The Bertz CT molecular complexity index is 186. The lowest BCUT2D eigenvalue weighted by Crippen LogP contribution is -2.39. The lowest BCUT2D eigenvalue weighted by atomic mass is 10.0. The lowest BCUT2D eigenvalue weighted by molar-refractivity contribution is 0.0128. The van der Waals surface area contributed by atoms with Gasteiger partial charge in [0.1, 0.15) is 0 Å². The number of rotatable bonds is 5. The zero-order valence-corrected chi connectivity index (χ0v) is 11.8. The summed E-state index contributed by atoms with van der Waals surface area (Å²) in [5.41, 5.74) is 0. The van der Waals surface area contributed by atoms with Crippen molar-refractivity contribution in [1.82, 2.24) is 4.90 Å². The van der Waals surface area contributed by atoms with E-state index in [0.29, 0.717) is 6.10 Å². The van der Waals surface area contributed by atoms with Crippen molar-refractivity contribution in [2.45, 2.75) is 44.6 Å². The second-order valence-electron chi connectivity index (χ2n) is 5.21. The van der Waals surface area contributed by atoms with Gasteiger partial charge >= 0.3 is 0 Å². The molecule has 2 nitrogen and oxygen atoms in total. The second kappa shape index (κ2) is 6.97. The molecule has 0 radical (unpaired) electrons. The van der Waals surface area contributed by atoms with Gasteiger partial charge in [-0.2, -0.15) is 0 Å². The lowest BCUT2D eigenvalue weighted by Gasteiger charge is -2.33. The van der Waals surface area contributed by atoms with Gasteiger partial charge in [-0.05, 0) is 31.6 Å². The molecule has 94 valence electrons. The number of hydrogen-bond acceptors (Lipinski definition) is 2. The molecular weight excluding hydrogens is 266 g/mol. The molecule has 0 N–H and O–H groups in total. The maximum atomic E-state index is 5.78. The van der Waals surface area contributed by atoms with Crippen molar-refractivity contribution in [3.8, 4) is 0 Å². The number of halogens is 1. The minimum Gasteiger partial charge on any atom is -0.377 e. The van der Waals surface area contributed by atoms with Gasteiger partial charge in [0.15, 0.2) is 0 Å². The molecule has 1 aliphatic carbocycles. The van der Waals surface area contributed by atoms with Crippen LogP contribution in [0.5, 0.6) is 0 Å². The fourth-order valence-electron chi connectivity index (χ4n) is 3.03. The maximum absolute atomic E-state index is 5.78. The molecule has 1 aliphatic heterocycles. The van der Waals surface area contributed by atoms with Gasteiger partial charge in [-0.3, -0.25) is 0 Å². The Morgan fingerprint density at radius 1 is 1.06 bits per heavy atom. The molecule has 1 heterocycles. The summed E-state index contributed by atoms with van der Waals surface area (Å²) < 4.78 is 5.78. The van der Waals surface area contributed by atoms with E-state index in [9.17, 15) is 0 Å². The monoisotopic (exact) mass is 289 g/mol. The zero-order chi connectivity index (χ0) is 11.2. The topological polar surface area (TPSA) is 12.5 Å². The minimum absolute atomic E-state index is 0.525. The first kappa shape index (κ1) is 12.8. The van der Waals surface area contributed by atoms with Gasteiger partial charge in [0.25, 0.3) is 0 Å². The summed E-state index contributed by atoms with van der Waals surface area (Å²) in [4.78, 5) is 2.66. The normalized spacial score (nSPS) is 25.3. The van der Waals surface area contributed by atoms with Gasteiger partial charge in [0, 0.05) is 25.0 Å². The Labute approximate surface area is 108 Å². The highest BCUT2D eigenvalue weighted by Crippen LogP contribution is 2.26. The van der Waals surface area contributed by atoms with Gasteiger partial charge in [0.05, 0.1) is 12.7 Å². The molecular formula is C13H24BrNO. The third-order valence-electron chi connectivity index (χ3n) is 3.96. The standard InChI is InChI=1S/C13H24BrNO/c14-7-10-16-13-5-8-15(9-6-13)11-12-3-1-2-4-12/h12-13H,1-11H2. The Morgan fingerprint density at radius 3 is 2.38 bits per heavy atom. The molecule has 1 saturated heterocycles. The summed E-state index contributed by atoms with van der Waals surface area (Å²) in [6, 6.07) is 0. The Kier molecular flexibility index (Phi) is 5.60. The van der Waals surface area contributed by atoms with E-state index in [1.807, 2.05) is 0 Å². The number of alkyl halides is 1. The Balaban J connectivity index is 1.60. The van der Waals surface area contributed by atoms with Gasteiger partial charge in [-0.15, -0.1) is 0 Å². The third-order valence-corrected chi connectivity index (χ3v) is 4.28. The summed E-state index contributed by atoms with van der Waals surface area (Å²) in [6.45, 7) is 4.73. The summed E-state index contributed by atoms with van der Waals surface area (Å²) in [6.07, 6.45) is 8.88. The van der Waals surface area contributed by atoms with Crippen molar-refractivity contribution < 1.29 is 4.74 Å². The fourth-order valence-corrected chi connectivity index (χ4v) is 3.21. The minimum atomic E-state index is 0.525. The van der Waals surface area contributed by atoms with E-state index in [1.165, 1.54) is 58.2 Å². The molecule has 0 spiro atoms. The summed E-state index contributed by atoms with van der Waals surface area (Å²) >= 11 is 3.41. The molecule has 2 rings (SSSR count). The summed E-state index contributed by atoms with van der Waals surface area (Å²) in [7, 11) is 0. The largest absolute Gasteiger partial charge is 0.377 e. The second-order valence-corrected chi connectivity index (χ2v) is 6.00. The van der Waals surface area contributed by atoms with Gasteiger partial charge < -0.3 is 9.64 Å². The molecule has 0 amide bonds. The molecule has 0 unspecified atom stereocenters. The van der Waals surface area contributed by atoms with E-state index < -0.39 is 0 Å². The average molecular weight is 290 g/mol. The van der Waals surface area contributed by atoms with Gasteiger partial charge in [-0.25, -0.2) is 0 Å². The fraction of sp³-hybridized carbons (Fsp3) is 1.00. The van der Waals surface area contributed by atoms with Crippen LogP contribution in [0, 0.1) is 5.92 Å². The van der Waals surface area contributed by atoms with Crippen LogP contribution in [0.1, 0.15) is 38.5 Å². The maximum Gasteiger partial charge on any atom is 0.0599 e. The predicted molar refractivity (Wildman–Crippen MR) is 71.2 cm³/mol. The highest BCUT2D eigenvalue weighted by Gasteiger charge is 2.23. The van der Waals surface area contributed by atoms with Crippen LogP contribution in [0.4, 0.5) is 0 Å². The molecule has 0 aromatic rings. The first-order chi connectivity index (χ1) is 7.88. The van der Waals surface area contributed by atoms with Crippen molar-refractivity contribution in [2.24, 2.45) is 5.92 Å². The highest BCUT2D eigenvalue weighted by molar-refractivity contribution is 9.09. The number of piperidine rings is 1. The molecule has 0 aromatic heterocycles. The van der Waals surface area contributed by atoms with Crippen LogP contribution >= 0.6 is 15.9 Å². The van der Waals surface area contributed by atoms with E-state index in [2.05, 4.69) is 20.8 Å². The van der Waals surface area contributed by atoms with Crippen LogP contribution in [0.2, 0.25) is 0 Å². The molecule has 0 bridgehead atoms. The molecule has 0 atom stereocenters. The van der Waals surface area contributed by atoms with Crippen molar-refractivity contribution in [1.29, 1.82) is 0 Å². The van der Waals surface area contributed by atoms with Crippen LogP contribution in [0.15, 0.2) is 0 Å². The van der Waals surface area contributed by atoms with Crippen molar-refractivity contribution in [3.05, 3.63) is 0 Å². The van der Waals surface area contributed by atoms with E-state index in [1.54, 1.807) is 0 Å². The average Bonchev–Trinajstić information content (AvgIpc) is 2.81. The van der Waals surface area contributed by atoms with Crippen LogP contribution in [0.25, 0.3) is 0 Å². The Morgan fingerprint density at radius 2 is 1.75 bits per heavy atom. The molecule has 0 aromatic carbocycles. The van der Waals surface area contributed by atoms with Crippen molar-refractivity contribution in [2.75, 3.05) is 31.6 Å². The SMILES string of the molecule is BrCCOC1CCN(CC2CCCC2)CC1. The first-order valence-electron chi connectivity index (χ1n) is 6.78. The summed E-state index contributed by atoms with van der Waals surface area (Å²) in [5, 5.41) is 0.968. The Hall–Kier alpha value is 0.400. The van der Waals surface area contributed by atoms with E-state index in [-0.39, 0.29) is 0 Å². The van der Waals surface area contributed by atoms with E-state index >= 15 is 0 Å². The predicted octanol–water partition coefficient (Wildman–Crippen LogP) is 3.05. The molecule has 3 heteroatoms. The molecule has 16 heavy (non-hydrogen) atoms. The summed E-state index contributed by atoms with van der Waals surface area (Å²) in [5.74, 6) is 1.00. The van der Waals surface area contributed by atoms with Crippen molar-refractivity contribution >= 4 is 15.9 Å². The highest BCUT2D eigenvalue weighted by atomic mass is 79.9. The van der Waals surface area contributed by atoms with Gasteiger partial charge in [0.2, 0.25) is 0 Å². The van der Waals surface area contributed by atoms with E-state index in [0.717, 1.165) is 17.9 Å².